The number of non-ortho nitro benzene ring substituents is 1. The maximum absolute atomic E-state index is 10.8. The Hall–Kier alpha value is -1.66. The van der Waals surface area contributed by atoms with Crippen LogP contribution >= 0.6 is 0 Å². The van der Waals surface area contributed by atoms with Crippen molar-refractivity contribution in [1.82, 2.24) is 0 Å². The van der Waals surface area contributed by atoms with Crippen LogP contribution in [0.3, 0.4) is 0 Å². The van der Waals surface area contributed by atoms with Crippen molar-refractivity contribution in [2.45, 2.75) is 38.0 Å². The van der Waals surface area contributed by atoms with E-state index in [9.17, 15) is 15.2 Å². The SMILES string of the molecule is O=[N+]([O-])c1ccc(N2CCOC3CCCC32)c(CO)c1. The smallest absolute Gasteiger partial charge is 0.269 e. The molecule has 108 valence electrons. The monoisotopic (exact) mass is 278 g/mol. The molecule has 0 spiro atoms. The number of hydrogen-bond acceptors (Lipinski definition) is 5. The van der Waals surface area contributed by atoms with Gasteiger partial charge in [-0.1, -0.05) is 0 Å². The van der Waals surface area contributed by atoms with Crippen LogP contribution in [0, 0.1) is 10.1 Å². The third kappa shape index (κ3) is 2.25. The van der Waals surface area contributed by atoms with E-state index in [-0.39, 0.29) is 18.4 Å². The molecule has 1 heterocycles. The second-order valence-electron chi connectivity index (χ2n) is 5.33. The number of anilines is 1. The van der Waals surface area contributed by atoms with E-state index < -0.39 is 4.92 Å². The number of nitrogens with zero attached hydrogens (tertiary/aromatic N) is 2. The molecular weight excluding hydrogens is 260 g/mol. The Morgan fingerprint density at radius 2 is 2.30 bits per heavy atom. The lowest BCUT2D eigenvalue weighted by Gasteiger charge is -2.40. The van der Waals surface area contributed by atoms with Crippen LogP contribution in [-0.2, 0) is 11.3 Å². The number of morpholine rings is 1. The zero-order valence-corrected chi connectivity index (χ0v) is 11.2. The van der Waals surface area contributed by atoms with E-state index in [1.165, 1.54) is 12.1 Å². The molecule has 1 saturated heterocycles. The first kappa shape index (κ1) is 13.3. The first-order valence-electron chi connectivity index (χ1n) is 6.97. The second-order valence-corrected chi connectivity index (χ2v) is 5.33. The Morgan fingerprint density at radius 1 is 1.45 bits per heavy atom. The fraction of sp³-hybridized carbons (Fsp3) is 0.571. The van der Waals surface area contributed by atoms with Crippen LogP contribution in [0.2, 0.25) is 0 Å². The van der Waals surface area contributed by atoms with Crippen molar-refractivity contribution in [2.24, 2.45) is 0 Å². The molecule has 2 fully saturated rings. The van der Waals surface area contributed by atoms with Gasteiger partial charge in [-0.15, -0.1) is 0 Å². The number of benzene rings is 1. The molecule has 0 aromatic heterocycles. The van der Waals surface area contributed by atoms with Gasteiger partial charge in [0.2, 0.25) is 0 Å². The van der Waals surface area contributed by atoms with Crippen LogP contribution in [0.1, 0.15) is 24.8 Å². The average Bonchev–Trinajstić information content (AvgIpc) is 2.94. The first-order valence-corrected chi connectivity index (χ1v) is 6.97. The minimum atomic E-state index is -0.430. The van der Waals surface area contributed by atoms with Crippen LogP contribution in [0.5, 0.6) is 0 Å². The van der Waals surface area contributed by atoms with E-state index in [2.05, 4.69) is 4.90 Å². The van der Waals surface area contributed by atoms with Gasteiger partial charge < -0.3 is 14.7 Å². The van der Waals surface area contributed by atoms with Crippen LogP contribution in [-0.4, -0.2) is 35.3 Å². The van der Waals surface area contributed by atoms with Gasteiger partial charge in [0.25, 0.3) is 5.69 Å². The van der Waals surface area contributed by atoms with Gasteiger partial charge in [0.15, 0.2) is 0 Å². The van der Waals surface area contributed by atoms with E-state index in [0.29, 0.717) is 18.2 Å². The molecule has 2 aliphatic rings. The van der Waals surface area contributed by atoms with E-state index in [0.717, 1.165) is 31.5 Å². The van der Waals surface area contributed by atoms with E-state index >= 15 is 0 Å². The summed E-state index contributed by atoms with van der Waals surface area (Å²) in [7, 11) is 0. The minimum Gasteiger partial charge on any atom is -0.392 e. The van der Waals surface area contributed by atoms with Crippen molar-refractivity contribution in [3.05, 3.63) is 33.9 Å². The summed E-state index contributed by atoms with van der Waals surface area (Å²) in [5.41, 5.74) is 1.54. The van der Waals surface area contributed by atoms with Crippen LogP contribution < -0.4 is 4.90 Å². The Morgan fingerprint density at radius 3 is 3.05 bits per heavy atom. The highest BCUT2D eigenvalue weighted by atomic mass is 16.6. The quantitative estimate of drug-likeness (QED) is 0.674. The van der Waals surface area contributed by atoms with Gasteiger partial charge >= 0.3 is 0 Å². The zero-order chi connectivity index (χ0) is 14.1. The zero-order valence-electron chi connectivity index (χ0n) is 11.2. The van der Waals surface area contributed by atoms with Crippen LogP contribution in [0.4, 0.5) is 11.4 Å². The number of nitro benzene ring substituents is 1. The highest BCUT2D eigenvalue weighted by Gasteiger charge is 2.36. The predicted octanol–water partition coefficient (Wildman–Crippen LogP) is 1.84. The van der Waals surface area contributed by atoms with Crippen molar-refractivity contribution in [2.75, 3.05) is 18.1 Å². The topological polar surface area (TPSA) is 75.8 Å². The summed E-state index contributed by atoms with van der Waals surface area (Å²) in [5.74, 6) is 0. The minimum absolute atomic E-state index is 0.0223. The predicted molar refractivity (Wildman–Crippen MR) is 73.7 cm³/mol. The maximum atomic E-state index is 10.8. The fourth-order valence-corrected chi connectivity index (χ4v) is 3.32. The molecule has 0 bridgehead atoms. The summed E-state index contributed by atoms with van der Waals surface area (Å²) in [5, 5.41) is 20.3. The number of ether oxygens (including phenoxy) is 1. The number of fused-ring (bicyclic) bond motifs is 1. The van der Waals surface area contributed by atoms with E-state index in [1.54, 1.807) is 6.07 Å². The fourth-order valence-electron chi connectivity index (χ4n) is 3.32. The van der Waals surface area contributed by atoms with Gasteiger partial charge in [0.05, 0.1) is 30.3 Å². The Bertz CT molecular complexity index is 520. The summed E-state index contributed by atoms with van der Waals surface area (Å²) >= 11 is 0. The molecule has 20 heavy (non-hydrogen) atoms. The number of rotatable bonds is 3. The standard InChI is InChI=1S/C14H18N2O4/c17-9-10-8-11(16(18)19)4-5-12(10)15-6-7-20-14-3-1-2-13(14)15/h4-5,8,13-14,17H,1-3,6-7,9H2. The van der Waals surface area contributed by atoms with Gasteiger partial charge in [-0.25, -0.2) is 0 Å². The molecule has 2 unspecified atom stereocenters. The summed E-state index contributed by atoms with van der Waals surface area (Å²) in [6, 6.07) is 5.06. The number of aliphatic hydroxyl groups excluding tert-OH is 1. The Balaban J connectivity index is 1.94. The third-order valence-electron chi connectivity index (χ3n) is 4.24. The normalized spacial score (nSPS) is 25.6. The van der Waals surface area contributed by atoms with Crippen molar-refractivity contribution in [1.29, 1.82) is 0 Å². The summed E-state index contributed by atoms with van der Waals surface area (Å²) in [6.07, 6.45) is 3.55. The summed E-state index contributed by atoms with van der Waals surface area (Å²) < 4.78 is 5.78. The molecule has 1 aromatic carbocycles. The molecule has 6 nitrogen and oxygen atoms in total. The van der Waals surface area contributed by atoms with Gasteiger partial charge in [-0.3, -0.25) is 10.1 Å². The molecule has 1 N–H and O–H groups in total. The molecule has 1 aliphatic heterocycles. The number of aliphatic hydroxyl groups is 1. The molecule has 6 heteroatoms. The van der Waals surface area contributed by atoms with Gasteiger partial charge in [-0.05, 0) is 25.3 Å². The average molecular weight is 278 g/mol. The van der Waals surface area contributed by atoms with Gasteiger partial charge in [-0.2, -0.15) is 0 Å². The lowest BCUT2D eigenvalue weighted by Crippen LogP contribution is -2.49. The van der Waals surface area contributed by atoms with Gasteiger partial charge in [0, 0.05) is 29.9 Å². The van der Waals surface area contributed by atoms with E-state index in [1.807, 2.05) is 0 Å². The molecular formula is C14H18N2O4. The number of hydrogen-bond donors (Lipinski definition) is 1. The van der Waals surface area contributed by atoms with Crippen LogP contribution in [0.15, 0.2) is 18.2 Å². The summed E-state index contributed by atoms with van der Waals surface area (Å²) in [4.78, 5) is 12.6. The lowest BCUT2D eigenvalue weighted by atomic mass is 10.1. The third-order valence-corrected chi connectivity index (χ3v) is 4.24. The molecule has 1 saturated carbocycles. The second kappa shape index (κ2) is 5.38. The van der Waals surface area contributed by atoms with Crippen LogP contribution in [0.25, 0.3) is 0 Å². The first-order chi connectivity index (χ1) is 9.70. The van der Waals surface area contributed by atoms with Gasteiger partial charge in [0.1, 0.15) is 0 Å². The molecule has 3 rings (SSSR count). The van der Waals surface area contributed by atoms with Crippen molar-refractivity contribution in [3.63, 3.8) is 0 Å². The number of nitro groups is 1. The van der Waals surface area contributed by atoms with Crippen molar-refractivity contribution in [3.8, 4) is 0 Å². The molecule has 0 amide bonds. The van der Waals surface area contributed by atoms with Crippen molar-refractivity contribution >= 4 is 11.4 Å². The lowest BCUT2D eigenvalue weighted by molar-refractivity contribution is -0.384. The largest absolute Gasteiger partial charge is 0.392 e. The molecule has 2 atom stereocenters. The maximum Gasteiger partial charge on any atom is 0.269 e. The molecule has 1 aliphatic carbocycles. The van der Waals surface area contributed by atoms with Crippen molar-refractivity contribution < 1.29 is 14.8 Å². The highest BCUT2D eigenvalue weighted by molar-refractivity contribution is 5.59. The molecule has 1 aromatic rings. The summed E-state index contributed by atoms with van der Waals surface area (Å²) in [6.45, 7) is 1.25. The Kier molecular flexibility index (Phi) is 3.58. The Labute approximate surface area is 117 Å². The highest BCUT2D eigenvalue weighted by Crippen LogP contribution is 2.35. The molecule has 0 radical (unpaired) electrons. The van der Waals surface area contributed by atoms with E-state index in [4.69, 9.17) is 4.74 Å².